The van der Waals surface area contributed by atoms with Crippen LogP contribution in [0.3, 0.4) is 0 Å². The average Bonchev–Trinajstić information content (AvgIpc) is 4.04. The van der Waals surface area contributed by atoms with Crippen LogP contribution in [0, 0.1) is 6.92 Å². The maximum atomic E-state index is 6.20. The third-order valence-electron chi connectivity index (χ3n) is 11.7. The smallest absolute Gasteiger partial charge is 0.220 e. The molecule has 0 atom stereocenters. The molecule has 0 aliphatic heterocycles. The Hall–Kier alpha value is -7.57. The van der Waals surface area contributed by atoms with E-state index < -0.39 is 0 Å². The molecule has 0 aliphatic carbocycles. The predicted octanol–water partition coefficient (Wildman–Crippen LogP) is 13.3. The zero-order chi connectivity index (χ0) is 36.6. The molecular weight excluding hydrogens is 689 g/mol. The van der Waals surface area contributed by atoms with Crippen molar-refractivity contribution in [2.24, 2.45) is 0 Å². The standard InChI is InChI=1S/C50H30N4O2/c1-29-14-19-41-36(24-29)37-25-30(15-20-42(37)52(41)32-17-22-48-38(27-32)34-8-2-6-12-46(34)55-48)31-16-21-44-45(26-31)54-43-11-5-4-10-40(43)51-50(54)53(44)33-18-23-49-39(28-33)35-9-3-7-13-47(35)56-49/h2-28H,1H3. The fourth-order valence-electron chi connectivity index (χ4n) is 9.14. The number of fused-ring (bicyclic) bond motifs is 14. The SMILES string of the molecule is Cc1ccc2c(c1)c1cc(-c3ccc4c(c3)n3c5ccccc5nc3n4-c3ccc4oc5ccccc5c4c3)ccc1n2-c1ccc2oc3ccccc3c2c1. The number of aromatic nitrogens is 4. The highest BCUT2D eigenvalue weighted by molar-refractivity contribution is 6.12. The van der Waals surface area contributed by atoms with Crippen molar-refractivity contribution >= 4 is 93.5 Å². The van der Waals surface area contributed by atoms with Crippen molar-refractivity contribution in [3.8, 4) is 22.5 Å². The molecule has 6 heteroatoms. The molecule has 56 heavy (non-hydrogen) atoms. The van der Waals surface area contributed by atoms with E-state index >= 15 is 0 Å². The summed E-state index contributed by atoms with van der Waals surface area (Å²) in [5, 5.41) is 6.89. The summed E-state index contributed by atoms with van der Waals surface area (Å²) in [5.74, 6) is 0.877. The van der Waals surface area contributed by atoms with Crippen molar-refractivity contribution in [1.29, 1.82) is 0 Å². The van der Waals surface area contributed by atoms with E-state index in [2.05, 4.69) is 160 Å². The summed E-state index contributed by atoms with van der Waals surface area (Å²) in [6.07, 6.45) is 0. The minimum atomic E-state index is 0.876. The van der Waals surface area contributed by atoms with Crippen LogP contribution in [0.25, 0.3) is 116 Å². The first-order valence-electron chi connectivity index (χ1n) is 18.9. The normalized spacial score (nSPS) is 12.4. The predicted molar refractivity (Wildman–Crippen MR) is 229 cm³/mol. The fraction of sp³-hybridized carbons (Fsp3) is 0.0200. The van der Waals surface area contributed by atoms with Crippen LogP contribution in [0.15, 0.2) is 173 Å². The van der Waals surface area contributed by atoms with Crippen LogP contribution in [-0.2, 0) is 0 Å². The van der Waals surface area contributed by atoms with Gasteiger partial charge in [-0.25, -0.2) is 4.98 Å². The van der Waals surface area contributed by atoms with E-state index in [9.17, 15) is 0 Å². The molecule has 13 rings (SSSR count). The molecule has 8 aromatic carbocycles. The maximum absolute atomic E-state index is 6.20. The molecule has 5 heterocycles. The van der Waals surface area contributed by atoms with Gasteiger partial charge in [-0.15, -0.1) is 0 Å². The molecule has 0 saturated heterocycles. The van der Waals surface area contributed by atoms with Crippen LogP contribution in [0.4, 0.5) is 0 Å². The van der Waals surface area contributed by atoms with Crippen LogP contribution >= 0.6 is 0 Å². The second kappa shape index (κ2) is 10.8. The Morgan fingerprint density at radius 1 is 0.393 bits per heavy atom. The van der Waals surface area contributed by atoms with E-state index in [0.717, 1.165) is 94.2 Å². The Labute approximate surface area is 318 Å². The summed E-state index contributed by atoms with van der Waals surface area (Å²) in [6, 6.07) is 58.3. The number of rotatable bonds is 3. The summed E-state index contributed by atoms with van der Waals surface area (Å²) in [7, 11) is 0. The lowest BCUT2D eigenvalue weighted by Crippen LogP contribution is -1.95. The van der Waals surface area contributed by atoms with Crippen LogP contribution in [0.5, 0.6) is 0 Å². The molecule has 0 saturated carbocycles. The molecule has 13 aromatic rings. The molecule has 0 radical (unpaired) electrons. The van der Waals surface area contributed by atoms with Gasteiger partial charge in [0, 0.05) is 38.0 Å². The summed E-state index contributed by atoms with van der Waals surface area (Å²) < 4.78 is 19.4. The second-order valence-electron chi connectivity index (χ2n) is 14.9. The van der Waals surface area contributed by atoms with E-state index in [1.807, 2.05) is 24.3 Å². The molecule has 0 N–H and O–H groups in total. The van der Waals surface area contributed by atoms with Gasteiger partial charge in [0.15, 0.2) is 0 Å². The van der Waals surface area contributed by atoms with E-state index in [4.69, 9.17) is 13.8 Å². The lowest BCUT2D eigenvalue weighted by molar-refractivity contribution is 0.668. The Morgan fingerprint density at radius 2 is 0.964 bits per heavy atom. The van der Waals surface area contributed by atoms with Gasteiger partial charge in [-0.2, -0.15) is 0 Å². The number of imidazole rings is 2. The minimum absolute atomic E-state index is 0.876. The Bertz CT molecular complexity index is 3790. The maximum Gasteiger partial charge on any atom is 0.220 e. The van der Waals surface area contributed by atoms with E-state index in [0.29, 0.717) is 0 Å². The van der Waals surface area contributed by atoms with Gasteiger partial charge in [0.25, 0.3) is 0 Å². The van der Waals surface area contributed by atoms with Gasteiger partial charge in [-0.3, -0.25) is 8.97 Å². The molecule has 0 unspecified atom stereocenters. The zero-order valence-corrected chi connectivity index (χ0v) is 30.2. The van der Waals surface area contributed by atoms with Crippen molar-refractivity contribution in [2.45, 2.75) is 6.92 Å². The van der Waals surface area contributed by atoms with Gasteiger partial charge < -0.3 is 13.4 Å². The van der Waals surface area contributed by atoms with E-state index in [-0.39, 0.29) is 0 Å². The van der Waals surface area contributed by atoms with Gasteiger partial charge in [-0.1, -0.05) is 72.3 Å². The molecule has 0 amide bonds. The van der Waals surface area contributed by atoms with Gasteiger partial charge in [0.2, 0.25) is 5.78 Å². The molecule has 0 fully saturated rings. The topological polar surface area (TPSA) is 53.4 Å². The number of hydrogen-bond donors (Lipinski definition) is 0. The van der Waals surface area contributed by atoms with Crippen LogP contribution < -0.4 is 0 Å². The highest BCUT2D eigenvalue weighted by Crippen LogP contribution is 2.40. The fourth-order valence-corrected chi connectivity index (χ4v) is 9.14. The summed E-state index contributed by atoms with van der Waals surface area (Å²) >= 11 is 0. The minimum Gasteiger partial charge on any atom is -0.456 e. The van der Waals surface area contributed by atoms with Crippen molar-refractivity contribution in [3.63, 3.8) is 0 Å². The van der Waals surface area contributed by atoms with E-state index in [1.54, 1.807) is 0 Å². The Balaban J connectivity index is 1.03. The Morgan fingerprint density at radius 3 is 1.70 bits per heavy atom. The van der Waals surface area contributed by atoms with E-state index in [1.165, 1.54) is 27.4 Å². The monoisotopic (exact) mass is 718 g/mol. The van der Waals surface area contributed by atoms with Gasteiger partial charge in [-0.05, 0) is 115 Å². The number of nitrogens with zero attached hydrogens (tertiary/aromatic N) is 4. The van der Waals surface area contributed by atoms with Gasteiger partial charge in [0.1, 0.15) is 22.3 Å². The number of para-hydroxylation sites is 4. The molecule has 6 nitrogen and oxygen atoms in total. The van der Waals surface area contributed by atoms with Gasteiger partial charge in [0.05, 0.1) is 38.8 Å². The van der Waals surface area contributed by atoms with Crippen LogP contribution in [0.1, 0.15) is 5.56 Å². The third kappa shape index (κ3) is 4.02. The highest BCUT2D eigenvalue weighted by Gasteiger charge is 2.20. The van der Waals surface area contributed by atoms with Crippen LogP contribution in [-0.4, -0.2) is 18.5 Å². The molecule has 5 aromatic heterocycles. The highest BCUT2D eigenvalue weighted by atomic mass is 16.3. The molecule has 0 aliphatic rings. The first-order chi connectivity index (χ1) is 27.6. The average molecular weight is 719 g/mol. The quantitative estimate of drug-likeness (QED) is 0.183. The summed E-state index contributed by atoms with van der Waals surface area (Å²) in [6.45, 7) is 2.17. The van der Waals surface area contributed by atoms with Crippen molar-refractivity contribution in [2.75, 3.05) is 0 Å². The number of benzene rings is 8. The number of furan rings is 2. The zero-order valence-electron chi connectivity index (χ0n) is 30.2. The summed E-state index contributed by atoms with van der Waals surface area (Å²) in [5.41, 5.74) is 15.8. The first-order valence-corrected chi connectivity index (χ1v) is 18.9. The largest absolute Gasteiger partial charge is 0.456 e. The lowest BCUT2D eigenvalue weighted by Gasteiger charge is -2.09. The molecule has 0 bridgehead atoms. The molecule has 262 valence electrons. The first kappa shape index (κ1) is 29.8. The molecule has 0 spiro atoms. The third-order valence-corrected chi connectivity index (χ3v) is 11.7. The second-order valence-corrected chi connectivity index (χ2v) is 14.9. The van der Waals surface area contributed by atoms with Crippen LogP contribution in [0.2, 0.25) is 0 Å². The molecular formula is C50H30N4O2. The van der Waals surface area contributed by atoms with Crippen molar-refractivity contribution in [3.05, 3.63) is 169 Å². The van der Waals surface area contributed by atoms with Crippen molar-refractivity contribution in [1.82, 2.24) is 18.5 Å². The van der Waals surface area contributed by atoms with Crippen molar-refractivity contribution < 1.29 is 8.83 Å². The number of hydrogen-bond acceptors (Lipinski definition) is 3. The summed E-state index contributed by atoms with van der Waals surface area (Å²) in [4.78, 5) is 5.20. The number of aryl methyl sites for hydroxylation is 1. The van der Waals surface area contributed by atoms with Gasteiger partial charge >= 0.3 is 0 Å². The lowest BCUT2D eigenvalue weighted by atomic mass is 10.0. The Kier molecular flexibility index (Phi) is 5.74.